The number of likely N-dealkylation sites (tertiary alicyclic amines) is 1. The van der Waals surface area contributed by atoms with Crippen LogP contribution in [0.4, 0.5) is 5.69 Å². The zero-order valence-electron chi connectivity index (χ0n) is 23.5. The molecule has 3 N–H and O–H groups in total. The Morgan fingerprint density at radius 1 is 1.13 bits per heavy atom. The summed E-state index contributed by atoms with van der Waals surface area (Å²) in [6.07, 6.45) is 2.19. The first-order valence-electron chi connectivity index (χ1n) is 14.0. The van der Waals surface area contributed by atoms with Crippen LogP contribution in [0.15, 0.2) is 24.3 Å². The van der Waals surface area contributed by atoms with Gasteiger partial charge in [-0.1, -0.05) is 20.8 Å². The lowest BCUT2D eigenvalue weighted by Gasteiger charge is -2.38. The Labute approximate surface area is 225 Å². The number of amides is 3. The molecule has 1 aromatic carbocycles. The Hall–Kier alpha value is -2.65. The van der Waals surface area contributed by atoms with Crippen LogP contribution in [0.1, 0.15) is 67.2 Å². The number of rotatable bonds is 11. The first-order valence-corrected chi connectivity index (χ1v) is 14.0. The van der Waals surface area contributed by atoms with Gasteiger partial charge in [0.2, 0.25) is 17.7 Å². The van der Waals surface area contributed by atoms with E-state index in [1.165, 1.54) is 0 Å². The van der Waals surface area contributed by atoms with E-state index in [1.807, 2.05) is 41.5 Å². The summed E-state index contributed by atoms with van der Waals surface area (Å²) >= 11 is 0. The van der Waals surface area contributed by atoms with Crippen molar-refractivity contribution in [2.24, 2.45) is 17.8 Å². The molecule has 3 saturated heterocycles. The van der Waals surface area contributed by atoms with E-state index in [-0.39, 0.29) is 36.3 Å². The quantitative estimate of drug-likeness (QED) is 0.406. The summed E-state index contributed by atoms with van der Waals surface area (Å²) in [5, 5.41) is 16.3. The van der Waals surface area contributed by atoms with Crippen LogP contribution in [0.3, 0.4) is 0 Å². The summed E-state index contributed by atoms with van der Waals surface area (Å²) in [7, 11) is 0. The van der Waals surface area contributed by atoms with Crippen molar-refractivity contribution in [2.75, 3.05) is 18.5 Å². The summed E-state index contributed by atoms with van der Waals surface area (Å²) < 4.78 is 12.3. The number of hydrogen-bond donors (Lipinski definition) is 3. The molecular formula is C29H43N3O6. The van der Waals surface area contributed by atoms with Crippen LogP contribution in [0, 0.1) is 17.8 Å². The number of nitrogens with zero attached hydrogens (tertiary/aromatic N) is 1. The van der Waals surface area contributed by atoms with E-state index < -0.39 is 35.1 Å². The van der Waals surface area contributed by atoms with E-state index >= 15 is 0 Å². The number of ether oxygens (including phenoxy) is 2. The van der Waals surface area contributed by atoms with Crippen molar-refractivity contribution in [2.45, 2.75) is 96.6 Å². The highest BCUT2D eigenvalue weighted by Crippen LogP contribution is 2.64. The minimum absolute atomic E-state index is 0.134. The van der Waals surface area contributed by atoms with Crippen LogP contribution in [0.5, 0.6) is 5.75 Å². The van der Waals surface area contributed by atoms with Crippen LogP contribution in [0.2, 0.25) is 0 Å². The molecule has 3 aliphatic heterocycles. The third kappa shape index (κ3) is 4.68. The molecular weight excluding hydrogens is 486 g/mol. The molecule has 3 heterocycles. The van der Waals surface area contributed by atoms with Gasteiger partial charge in [0.05, 0.1) is 36.7 Å². The zero-order chi connectivity index (χ0) is 27.8. The highest BCUT2D eigenvalue weighted by Gasteiger charge is 2.79. The van der Waals surface area contributed by atoms with Gasteiger partial charge in [-0.3, -0.25) is 14.4 Å². The van der Waals surface area contributed by atoms with Crippen molar-refractivity contribution in [1.29, 1.82) is 0 Å². The van der Waals surface area contributed by atoms with Gasteiger partial charge in [0.25, 0.3) is 0 Å². The van der Waals surface area contributed by atoms with E-state index in [9.17, 15) is 19.5 Å². The number of anilines is 1. The van der Waals surface area contributed by atoms with Crippen LogP contribution < -0.4 is 15.4 Å². The van der Waals surface area contributed by atoms with Gasteiger partial charge in [0.15, 0.2) is 0 Å². The predicted octanol–water partition coefficient (Wildman–Crippen LogP) is 3.11. The Morgan fingerprint density at radius 2 is 1.82 bits per heavy atom. The lowest BCUT2D eigenvalue weighted by Crippen LogP contribution is -2.59. The molecule has 3 aliphatic rings. The van der Waals surface area contributed by atoms with Crippen LogP contribution in [0.25, 0.3) is 0 Å². The molecule has 0 radical (unpaired) electrons. The van der Waals surface area contributed by atoms with Gasteiger partial charge < -0.3 is 30.1 Å². The van der Waals surface area contributed by atoms with Gasteiger partial charge in [0.1, 0.15) is 17.4 Å². The highest BCUT2D eigenvalue weighted by molar-refractivity contribution is 6.02. The normalized spacial score (nSPS) is 30.6. The van der Waals surface area contributed by atoms with Crippen molar-refractivity contribution in [3.8, 4) is 5.75 Å². The number of benzene rings is 1. The second-order valence-electron chi connectivity index (χ2n) is 11.7. The number of aliphatic hydroxyl groups is 1. The molecule has 0 saturated carbocycles. The molecule has 1 aromatic rings. The topological polar surface area (TPSA) is 117 Å². The maximum Gasteiger partial charge on any atom is 0.246 e. The molecule has 38 heavy (non-hydrogen) atoms. The number of hydrogen-bond acceptors (Lipinski definition) is 6. The first-order chi connectivity index (χ1) is 18.0. The SMILES string of the molecule is CCOc1ccc(NC(=O)[C@@H]2[C@H]3C(=O)N([C@@H](CO)CC(C)C)C(C(=O)NC(C)C)C34CC[C@@]2(CC)O4)cc1. The average molecular weight is 530 g/mol. The second kappa shape index (κ2) is 10.8. The summed E-state index contributed by atoms with van der Waals surface area (Å²) in [5.41, 5.74) is -1.34. The van der Waals surface area contributed by atoms with Crippen molar-refractivity contribution < 1.29 is 29.0 Å². The minimum atomic E-state index is -1.11. The van der Waals surface area contributed by atoms with E-state index in [0.717, 1.165) is 0 Å². The molecule has 0 aliphatic carbocycles. The van der Waals surface area contributed by atoms with Gasteiger partial charge >= 0.3 is 0 Å². The average Bonchev–Trinajstić information content (AvgIpc) is 3.47. The lowest BCUT2D eigenvalue weighted by molar-refractivity contribution is -0.150. The Morgan fingerprint density at radius 3 is 2.37 bits per heavy atom. The standard InChI is InChI=1S/C29H43N3O6/c1-7-28-13-14-29(38-28)23(22(28)25(34)31-19-9-11-21(12-10-19)37-8-2)27(36)32(20(16-33)15-17(3)4)24(29)26(35)30-18(5)6/h9-12,17-18,20,22-24,33H,7-8,13-16H2,1-6H3,(H,30,35)(H,31,34)/t20-,22+,23+,24?,28-,29?/m1/s1. The van der Waals surface area contributed by atoms with Crippen molar-refractivity contribution in [3.63, 3.8) is 0 Å². The Balaban J connectivity index is 1.73. The number of nitrogens with one attached hydrogen (secondary N) is 2. The molecule has 9 nitrogen and oxygen atoms in total. The molecule has 6 atom stereocenters. The van der Waals surface area contributed by atoms with E-state index in [2.05, 4.69) is 10.6 Å². The maximum absolute atomic E-state index is 14.3. The summed E-state index contributed by atoms with van der Waals surface area (Å²) in [6, 6.07) is 5.55. The van der Waals surface area contributed by atoms with Crippen molar-refractivity contribution in [3.05, 3.63) is 24.3 Å². The van der Waals surface area contributed by atoms with Crippen LogP contribution in [-0.4, -0.2) is 70.3 Å². The number of carbonyl (C=O) groups excluding carboxylic acids is 3. The maximum atomic E-state index is 14.3. The van der Waals surface area contributed by atoms with Crippen molar-refractivity contribution in [1.82, 2.24) is 10.2 Å². The molecule has 210 valence electrons. The largest absolute Gasteiger partial charge is 0.494 e. The fraction of sp³-hybridized carbons (Fsp3) is 0.690. The number of fused-ring (bicyclic) bond motifs is 1. The molecule has 0 aromatic heterocycles. The molecule has 2 unspecified atom stereocenters. The second-order valence-corrected chi connectivity index (χ2v) is 11.7. The summed E-state index contributed by atoms with van der Waals surface area (Å²) in [6.45, 7) is 11.9. The third-order valence-corrected chi connectivity index (χ3v) is 8.36. The minimum Gasteiger partial charge on any atom is -0.494 e. The smallest absolute Gasteiger partial charge is 0.246 e. The molecule has 3 amide bonds. The van der Waals surface area contributed by atoms with Crippen molar-refractivity contribution >= 4 is 23.4 Å². The number of carbonyl (C=O) groups is 3. The van der Waals surface area contributed by atoms with Gasteiger partial charge in [-0.05, 0) is 76.6 Å². The van der Waals surface area contributed by atoms with E-state index in [4.69, 9.17) is 9.47 Å². The summed E-state index contributed by atoms with van der Waals surface area (Å²) in [5.74, 6) is -1.51. The Kier molecular flexibility index (Phi) is 8.09. The van der Waals surface area contributed by atoms with Gasteiger partial charge in [0, 0.05) is 11.7 Å². The van der Waals surface area contributed by atoms with Gasteiger partial charge in [-0.15, -0.1) is 0 Å². The van der Waals surface area contributed by atoms with Crippen LogP contribution in [-0.2, 0) is 19.1 Å². The van der Waals surface area contributed by atoms with Crippen LogP contribution >= 0.6 is 0 Å². The third-order valence-electron chi connectivity index (χ3n) is 8.36. The summed E-state index contributed by atoms with van der Waals surface area (Å²) in [4.78, 5) is 43.4. The number of aliphatic hydroxyl groups excluding tert-OH is 1. The molecule has 2 bridgehead atoms. The molecule has 9 heteroatoms. The highest BCUT2D eigenvalue weighted by atomic mass is 16.5. The monoisotopic (exact) mass is 529 g/mol. The van der Waals surface area contributed by atoms with E-state index in [0.29, 0.717) is 43.7 Å². The van der Waals surface area contributed by atoms with Gasteiger partial charge in [-0.25, -0.2) is 0 Å². The molecule has 3 fully saturated rings. The predicted molar refractivity (Wildman–Crippen MR) is 144 cm³/mol. The molecule has 1 spiro atoms. The fourth-order valence-electron chi connectivity index (χ4n) is 6.95. The Bertz CT molecular complexity index is 1040. The zero-order valence-corrected chi connectivity index (χ0v) is 23.5. The van der Waals surface area contributed by atoms with E-state index in [1.54, 1.807) is 29.2 Å². The van der Waals surface area contributed by atoms with Gasteiger partial charge in [-0.2, -0.15) is 0 Å². The fourth-order valence-corrected chi connectivity index (χ4v) is 6.95. The molecule has 4 rings (SSSR count). The first kappa shape index (κ1) is 28.4. The lowest BCUT2D eigenvalue weighted by atomic mass is 9.65.